The van der Waals surface area contributed by atoms with Gasteiger partial charge in [0.15, 0.2) is 0 Å². The van der Waals surface area contributed by atoms with Gasteiger partial charge in [-0.05, 0) is 42.8 Å². The summed E-state index contributed by atoms with van der Waals surface area (Å²) in [5.41, 5.74) is 1.36. The lowest BCUT2D eigenvalue weighted by molar-refractivity contribution is 0.509. The molecule has 0 bridgehead atoms. The van der Waals surface area contributed by atoms with E-state index in [0.29, 0.717) is 23.6 Å². The fourth-order valence-corrected chi connectivity index (χ4v) is 2.59. The highest BCUT2D eigenvalue weighted by Crippen LogP contribution is 2.25. The minimum Gasteiger partial charge on any atom is -0.310 e. The fraction of sp³-hybridized carbons (Fsp3) is 0.250. The van der Waals surface area contributed by atoms with Crippen molar-refractivity contribution in [2.75, 3.05) is 6.54 Å². The van der Waals surface area contributed by atoms with Crippen molar-refractivity contribution in [2.24, 2.45) is 0 Å². The highest BCUT2D eigenvalue weighted by atomic mass is 35.5. The molecule has 21 heavy (non-hydrogen) atoms. The van der Waals surface area contributed by atoms with Crippen LogP contribution in [0, 0.1) is 11.6 Å². The van der Waals surface area contributed by atoms with E-state index in [0.717, 1.165) is 5.56 Å². The van der Waals surface area contributed by atoms with E-state index < -0.39 is 5.82 Å². The zero-order chi connectivity index (χ0) is 15.4. The van der Waals surface area contributed by atoms with Crippen LogP contribution in [0.15, 0.2) is 36.4 Å². The molecule has 1 N–H and O–H groups in total. The third-order valence-corrected chi connectivity index (χ3v) is 3.74. The van der Waals surface area contributed by atoms with E-state index in [2.05, 4.69) is 5.32 Å². The molecule has 0 spiro atoms. The van der Waals surface area contributed by atoms with Crippen molar-refractivity contribution < 1.29 is 8.78 Å². The summed E-state index contributed by atoms with van der Waals surface area (Å²) in [7, 11) is 0. The Kier molecular flexibility index (Phi) is 5.57. The van der Waals surface area contributed by atoms with Crippen LogP contribution in [0.4, 0.5) is 8.78 Å². The molecule has 0 aliphatic heterocycles. The van der Waals surface area contributed by atoms with E-state index in [-0.39, 0.29) is 16.9 Å². The van der Waals surface area contributed by atoms with Crippen LogP contribution in [0.5, 0.6) is 0 Å². The van der Waals surface area contributed by atoms with Gasteiger partial charge in [-0.2, -0.15) is 0 Å². The minimum atomic E-state index is -0.460. The summed E-state index contributed by atoms with van der Waals surface area (Å²) in [6, 6.07) is 8.92. The van der Waals surface area contributed by atoms with Gasteiger partial charge >= 0.3 is 0 Å². The molecule has 2 aromatic carbocycles. The molecule has 0 radical (unpaired) electrons. The van der Waals surface area contributed by atoms with Gasteiger partial charge in [0, 0.05) is 16.6 Å². The zero-order valence-corrected chi connectivity index (χ0v) is 13.0. The second-order valence-electron chi connectivity index (χ2n) is 4.73. The fourth-order valence-electron chi connectivity index (χ4n) is 2.22. The van der Waals surface area contributed by atoms with Crippen LogP contribution in [0.3, 0.4) is 0 Å². The summed E-state index contributed by atoms with van der Waals surface area (Å²) in [5.74, 6) is -0.820. The van der Waals surface area contributed by atoms with Gasteiger partial charge in [0.2, 0.25) is 0 Å². The second kappa shape index (κ2) is 7.21. The first kappa shape index (κ1) is 16.2. The lowest BCUT2D eigenvalue weighted by Gasteiger charge is -2.19. The van der Waals surface area contributed by atoms with Crippen molar-refractivity contribution in [2.45, 2.75) is 19.4 Å². The molecule has 112 valence electrons. The van der Waals surface area contributed by atoms with Gasteiger partial charge in [-0.3, -0.25) is 0 Å². The predicted octanol–water partition coefficient (Wildman–Crippen LogP) is 5.16. The lowest BCUT2D eigenvalue weighted by Crippen LogP contribution is -2.24. The van der Waals surface area contributed by atoms with Crippen molar-refractivity contribution in [1.29, 1.82) is 0 Å². The maximum Gasteiger partial charge on any atom is 0.141 e. The van der Waals surface area contributed by atoms with Crippen molar-refractivity contribution in [3.05, 3.63) is 69.2 Å². The molecule has 0 heterocycles. The molecule has 0 saturated heterocycles. The monoisotopic (exact) mass is 329 g/mol. The van der Waals surface area contributed by atoms with Gasteiger partial charge in [-0.15, -0.1) is 0 Å². The Morgan fingerprint density at radius 3 is 2.43 bits per heavy atom. The molecule has 1 atom stereocenters. The van der Waals surface area contributed by atoms with E-state index >= 15 is 0 Å². The molecule has 0 aliphatic carbocycles. The summed E-state index contributed by atoms with van der Waals surface area (Å²) >= 11 is 11.6. The number of halogens is 4. The number of hydrogen-bond acceptors (Lipinski definition) is 1. The van der Waals surface area contributed by atoms with E-state index in [4.69, 9.17) is 23.2 Å². The quantitative estimate of drug-likeness (QED) is 0.798. The smallest absolute Gasteiger partial charge is 0.141 e. The first-order valence-corrected chi connectivity index (χ1v) is 7.39. The predicted molar refractivity (Wildman–Crippen MR) is 82.9 cm³/mol. The molecular formula is C16H15Cl2F2N. The summed E-state index contributed by atoms with van der Waals surface area (Å²) < 4.78 is 27.3. The Bertz CT molecular complexity index is 632. The van der Waals surface area contributed by atoms with Crippen LogP contribution in [-0.2, 0) is 6.42 Å². The minimum absolute atomic E-state index is 0.0688. The third kappa shape index (κ3) is 4.16. The van der Waals surface area contributed by atoms with E-state index in [1.165, 1.54) is 12.1 Å². The molecule has 1 unspecified atom stereocenters. The zero-order valence-electron chi connectivity index (χ0n) is 11.5. The SMILES string of the molecule is CCNC(Cc1ccc(F)c(Cl)c1)c1ccc(Cl)cc1F. The van der Waals surface area contributed by atoms with E-state index in [1.54, 1.807) is 24.3 Å². The highest BCUT2D eigenvalue weighted by molar-refractivity contribution is 6.31. The van der Waals surface area contributed by atoms with Crippen LogP contribution in [0.25, 0.3) is 0 Å². The topological polar surface area (TPSA) is 12.0 Å². The van der Waals surface area contributed by atoms with Gasteiger partial charge in [0.05, 0.1) is 5.02 Å². The normalized spacial score (nSPS) is 12.4. The average Bonchev–Trinajstić information content (AvgIpc) is 2.42. The van der Waals surface area contributed by atoms with E-state index in [9.17, 15) is 8.78 Å². The van der Waals surface area contributed by atoms with Gasteiger partial charge in [0.25, 0.3) is 0 Å². The molecule has 0 fully saturated rings. The number of hydrogen-bond donors (Lipinski definition) is 1. The average molecular weight is 330 g/mol. The largest absolute Gasteiger partial charge is 0.310 e. The van der Waals surface area contributed by atoms with Crippen molar-refractivity contribution in [1.82, 2.24) is 5.32 Å². The van der Waals surface area contributed by atoms with Crippen molar-refractivity contribution >= 4 is 23.2 Å². The Morgan fingerprint density at radius 1 is 1.05 bits per heavy atom. The first-order chi connectivity index (χ1) is 10.0. The molecule has 0 aromatic heterocycles. The number of likely N-dealkylation sites (N-methyl/N-ethyl adjacent to an activating group) is 1. The van der Waals surface area contributed by atoms with Crippen LogP contribution < -0.4 is 5.32 Å². The van der Waals surface area contributed by atoms with Crippen molar-refractivity contribution in [3.8, 4) is 0 Å². The van der Waals surface area contributed by atoms with Gasteiger partial charge in [-0.25, -0.2) is 8.78 Å². The maximum atomic E-state index is 14.1. The van der Waals surface area contributed by atoms with E-state index in [1.807, 2.05) is 6.92 Å². The standard InChI is InChI=1S/C16H15Cl2F2N/c1-2-21-16(12-5-4-11(17)9-15(12)20)8-10-3-6-14(19)13(18)7-10/h3-7,9,16,21H,2,8H2,1H3. The lowest BCUT2D eigenvalue weighted by atomic mass is 9.98. The molecule has 0 aliphatic rings. The van der Waals surface area contributed by atoms with Gasteiger partial charge in [-0.1, -0.05) is 42.3 Å². The van der Waals surface area contributed by atoms with Gasteiger partial charge in [0.1, 0.15) is 11.6 Å². The molecule has 5 heteroatoms. The van der Waals surface area contributed by atoms with Crippen LogP contribution in [0.1, 0.15) is 24.1 Å². The summed E-state index contributed by atoms with van der Waals surface area (Å²) in [4.78, 5) is 0. The molecule has 2 aromatic rings. The summed E-state index contributed by atoms with van der Waals surface area (Å²) in [6.45, 7) is 2.63. The number of benzene rings is 2. The first-order valence-electron chi connectivity index (χ1n) is 6.63. The highest BCUT2D eigenvalue weighted by Gasteiger charge is 2.16. The Hall–Kier alpha value is -1.16. The molecule has 1 nitrogen and oxygen atoms in total. The van der Waals surface area contributed by atoms with Crippen LogP contribution in [0.2, 0.25) is 10.0 Å². The Balaban J connectivity index is 2.28. The molecule has 2 rings (SSSR count). The summed E-state index contributed by atoms with van der Waals surface area (Å²) in [5, 5.41) is 3.65. The Labute approximate surface area is 132 Å². The van der Waals surface area contributed by atoms with Gasteiger partial charge < -0.3 is 5.32 Å². The summed E-state index contributed by atoms with van der Waals surface area (Å²) in [6.07, 6.45) is 0.506. The maximum absolute atomic E-state index is 14.1. The van der Waals surface area contributed by atoms with Crippen molar-refractivity contribution in [3.63, 3.8) is 0 Å². The molecule has 0 amide bonds. The number of nitrogens with one attached hydrogen (secondary N) is 1. The number of rotatable bonds is 5. The third-order valence-electron chi connectivity index (χ3n) is 3.21. The second-order valence-corrected chi connectivity index (χ2v) is 5.57. The van der Waals surface area contributed by atoms with Crippen LogP contribution in [-0.4, -0.2) is 6.54 Å². The molecule has 0 saturated carbocycles. The Morgan fingerprint density at radius 2 is 1.81 bits per heavy atom. The van der Waals surface area contributed by atoms with Crippen LogP contribution >= 0.6 is 23.2 Å². The molecular weight excluding hydrogens is 315 g/mol.